The maximum atomic E-state index is 11.5. The maximum Gasteiger partial charge on any atom is 0.245 e. The number of hydrogen-bond donors (Lipinski definition) is 2. The SMILES string of the molecule is COCCCSc1cc2c(cc1Cl)C(N)C(=O)N2. The zero-order valence-electron chi connectivity index (χ0n) is 10.0. The number of methoxy groups -OCH3 is 1. The molecule has 0 spiro atoms. The number of halogens is 1. The number of carbonyl (C=O) groups excluding carboxylic acids is 1. The summed E-state index contributed by atoms with van der Waals surface area (Å²) in [4.78, 5) is 12.4. The Hall–Kier alpha value is -0.750. The summed E-state index contributed by atoms with van der Waals surface area (Å²) in [5.74, 6) is 0.745. The van der Waals surface area contributed by atoms with Crippen LogP contribution in [0, 0.1) is 0 Å². The Morgan fingerprint density at radius 3 is 3.06 bits per heavy atom. The third kappa shape index (κ3) is 2.80. The van der Waals surface area contributed by atoms with Gasteiger partial charge >= 0.3 is 0 Å². The molecule has 0 radical (unpaired) electrons. The highest BCUT2D eigenvalue weighted by atomic mass is 35.5. The average Bonchev–Trinajstić information content (AvgIpc) is 2.61. The Morgan fingerprint density at radius 2 is 2.33 bits per heavy atom. The summed E-state index contributed by atoms with van der Waals surface area (Å²) in [5.41, 5.74) is 7.29. The number of benzene rings is 1. The van der Waals surface area contributed by atoms with Crippen LogP contribution in [0.25, 0.3) is 0 Å². The summed E-state index contributed by atoms with van der Waals surface area (Å²) in [6.07, 6.45) is 0.959. The normalized spacial score (nSPS) is 17.7. The highest BCUT2D eigenvalue weighted by molar-refractivity contribution is 7.99. The molecule has 0 bridgehead atoms. The molecule has 0 fully saturated rings. The molecule has 1 aromatic carbocycles. The van der Waals surface area contributed by atoms with Gasteiger partial charge < -0.3 is 15.8 Å². The van der Waals surface area contributed by atoms with Crippen LogP contribution in [0.15, 0.2) is 17.0 Å². The minimum absolute atomic E-state index is 0.178. The molecule has 0 aliphatic carbocycles. The molecular weight excluding hydrogens is 272 g/mol. The third-order valence-electron chi connectivity index (χ3n) is 2.73. The van der Waals surface area contributed by atoms with Crippen molar-refractivity contribution in [2.24, 2.45) is 5.73 Å². The lowest BCUT2D eigenvalue weighted by Crippen LogP contribution is -2.19. The molecule has 0 saturated heterocycles. The fraction of sp³-hybridized carbons (Fsp3) is 0.417. The number of ether oxygens (including phenoxy) is 1. The second kappa shape index (κ2) is 5.93. The summed E-state index contributed by atoms with van der Waals surface area (Å²) >= 11 is 7.84. The van der Waals surface area contributed by atoms with E-state index in [0.29, 0.717) is 5.02 Å². The maximum absolute atomic E-state index is 11.5. The van der Waals surface area contributed by atoms with E-state index in [-0.39, 0.29) is 5.91 Å². The number of hydrogen-bond acceptors (Lipinski definition) is 4. The molecule has 1 atom stereocenters. The van der Waals surface area contributed by atoms with Gasteiger partial charge in [-0.1, -0.05) is 11.6 Å². The van der Waals surface area contributed by atoms with Crippen molar-refractivity contribution in [3.8, 4) is 0 Å². The first-order valence-corrected chi connectivity index (χ1v) is 7.01. The molecule has 6 heteroatoms. The van der Waals surface area contributed by atoms with Gasteiger partial charge in [0.05, 0.1) is 5.02 Å². The smallest absolute Gasteiger partial charge is 0.245 e. The molecule has 3 N–H and O–H groups in total. The van der Waals surface area contributed by atoms with Crippen LogP contribution in [0.5, 0.6) is 0 Å². The third-order valence-corrected chi connectivity index (χ3v) is 4.30. The number of rotatable bonds is 5. The van der Waals surface area contributed by atoms with E-state index in [2.05, 4.69) is 5.32 Å². The molecule has 2 rings (SSSR count). The van der Waals surface area contributed by atoms with Crippen molar-refractivity contribution < 1.29 is 9.53 Å². The van der Waals surface area contributed by atoms with E-state index in [1.54, 1.807) is 24.9 Å². The number of thioether (sulfide) groups is 1. The van der Waals surface area contributed by atoms with Gasteiger partial charge in [0.25, 0.3) is 0 Å². The van der Waals surface area contributed by atoms with Crippen molar-refractivity contribution in [2.45, 2.75) is 17.4 Å². The molecule has 98 valence electrons. The van der Waals surface area contributed by atoms with Crippen LogP contribution in [0.4, 0.5) is 5.69 Å². The predicted molar refractivity (Wildman–Crippen MR) is 74.2 cm³/mol. The monoisotopic (exact) mass is 286 g/mol. The number of carbonyl (C=O) groups is 1. The molecule has 1 aromatic rings. The Labute approximate surface area is 115 Å². The van der Waals surface area contributed by atoms with Crippen LogP contribution in [0.3, 0.4) is 0 Å². The Bertz CT molecular complexity index is 468. The molecule has 0 saturated carbocycles. The molecule has 1 aliphatic rings. The zero-order valence-corrected chi connectivity index (χ0v) is 11.6. The second-order valence-electron chi connectivity index (χ2n) is 4.03. The fourth-order valence-electron chi connectivity index (χ4n) is 1.78. The van der Waals surface area contributed by atoms with Crippen LogP contribution < -0.4 is 11.1 Å². The van der Waals surface area contributed by atoms with Crippen molar-refractivity contribution in [1.82, 2.24) is 0 Å². The van der Waals surface area contributed by atoms with E-state index in [1.807, 2.05) is 6.07 Å². The van der Waals surface area contributed by atoms with Gasteiger partial charge in [0.2, 0.25) is 5.91 Å². The highest BCUT2D eigenvalue weighted by Crippen LogP contribution is 2.38. The second-order valence-corrected chi connectivity index (χ2v) is 5.58. The molecule has 0 aromatic heterocycles. The number of amides is 1. The lowest BCUT2D eigenvalue weighted by molar-refractivity contribution is -0.116. The summed E-state index contributed by atoms with van der Waals surface area (Å²) in [5, 5.41) is 3.40. The van der Waals surface area contributed by atoms with Crippen molar-refractivity contribution in [1.29, 1.82) is 0 Å². The minimum Gasteiger partial charge on any atom is -0.385 e. The Kier molecular flexibility index (Phi) is 4.50. The lowest BCUT2D eigenvalue weighted by Gasteiger charge is -2.08. The number of anilines is 1. The number of nitrogens with one attached hydrogen (secondary N) is 1. The quantitative estimate of drug-likeness (QED) is 0.644. The summed E-state index contributed by atoms with van der Waals surface area (Å²) < 4.78 is 4.99. The van der Waals surface area contributed by atoms with Gasteiger partial charge in [-0.25, -0.2) is 0 Å². The van der Waals surface area contributed by atoms with Crippen LogP contribution in [0.2, 0.25) is 5.02 Å². The van der Waals surface area contributed by atoms with Crippen LogP contribution in [-0.4, -0.2) is 25.4 Å². The van der Waals surface area contributed by atoms with E-state index in [1.165, 1.54) is 0 Å². The number of fused-ring (bicyclic) bond motifs is 1. The first-order chi connectivity index (χ1) is 8.63. The van der Waals surface area contributed by atoms with Crippen molar-refractivity contribution >= 4 is 35.0 Å². The van der Waals surface area contributed by atoms with Gasteiger partial charge in [-0.15, -0.1) is 11.8 Å². The van der Waals surface area contributed by atoms with E-state index in [0.717, 1.165) is 34.9 Å². The zero-order chi connectivity index (χ0) is 13.1. The predicted octanol–water partition coefficient (Wildman–Crippen LogP) is 2.42. The van der Waals surface area contributed by atoms with Gasteiger partial charge in [0.15, 0.2) is 0 Å². The average molecular weight is 287 g/mol. The first kappa shape index (κ1) is 13.7. The van der Waals surface area contributed by atoms with Crippen molar-refractivity contribution in [3.63, 3.8) is 0 Å². The Balaban J connectivity index is 2.10. The fourth-order valence-corrected chi connectivity index (χ4v) is 3.00. The molecule has 1 heterocycles. The topological polar surface area (TPSA) is 64.3 Å². The van der Waals surface area contributed by atoms with Gasteiger partial charge in [-0.3, -0.25) is 4.79 Å². The van der Waals surface area contributed by atoms with Crippen LogP contribution >= 0.6 is 23.4 Å². The van der Waals surface area contributed by atoms with Crippen molar-refractivity contribution in [3.05, 3.63) is 22.7 Å². The van der Waals surface area contributed by atoms with Crippen LogP contribution in [0.1, 0.15) is 18.0 Å². The molecule has 1 aliphatic heterocycles. The summed E-state index contributed by atoms with van der Waals surface area (Å²) in [7, 11) is 1.68. The Morgan fingerprint density at radius 1 is 1.56 bits per heavy atom. The minimum atomic E-state index is -0.606. The highest BCUT2D eigenvalue weighted by Gasteiger charge is 2.28. The van der Waals surface area contributed by atoms with E-state index in [9.17, 15) is 4.79 Å². The van der Waals surface area contributed by atoms with Crippen molar-refractivity contribution in [2.75, 3.05) is 24.8 Å². The molecule has 1 amide bonds. The number of nitrogens with two attached hydrogens (primary N) is 1. The largest absolute Gasteiger partial charge is 0.385 e. The van der Waals surface area contributed by atoms with Gasteiger partial charge in [0.1, 0.15) is 6.04 Å². The van der Waals surface area contributed by atoms with E-state index in [4.69, 9.17) is 22.1 Å². The van der Waals surface area contributed by atoms with Gasteiger partial charge in [-0.2, -0.15) is 0 Å². The van der Waals surface area contributed by atoms with E-state index < -0.39 is 6.04 Å². The standard InChI is InChI=1S/C12H15ClN2O2S/c1-17-3-2-4-18-10-6-9-7(5-8(10)13)11(14)12(16)15-9/h5-6,11H,2-4,14H2,1H3,(H,15,16). The summed E-state index contributed by atoms with van der Waals surface area (Å²) in [6, 6.07) is 3.06. The van der Waals surface area contributed by atoms with E-state index >= 15 is 0 Å². The first-order valence-electron chi connectivity index (χ1n) is 5.65. The lowest BCUT2D eigenvalue weighted by atomic mass is 10.1. The van der Waals surface area contributed by atoms with Gasteiger partial charge in [0, 0.05) is 35.6 Å². The molecular formula is C12H15ClN2O2S. The molecule has 18 heavy (non-hydrogen) atoms. The molecule has 1 unspecified atom stereocenters. The summed E-state index contributed by atoms with van der Waals surface area (Å²) in [6.45, 7) is 0.733. The van der Waals surface area contributed by atoms with Crippen LogP contribution in [-0.2, 0) is 9.53 Å². The van der Waals surface area contributed by atoms with Gasteiger partial charge in [-0.05, 0) is 18.6 Å². The molecule has 4 nitrogen and oxygen atoms in total.